The second kappa shape index (κ2) is 5.92. The first-order valence-electron chi connectivity index (χ1n) is 5.77. The van der Waals surface area contributed by atoms with Crippen molar-refractivity contribution in [3.63, 3.8) is 0 Å². The highest BCUT2D eigenvalue weighted by Gasteiger charge is 2.19. The number of hydrogen-bond donors (Lipinski definition) is 3. The van der Waals surface area contributed by atoms with Crippen LogP contribution in [-0.4, -0.2) is 11.9 Å². The van der Waals surface area contributed by atoms with Gasteiger partial charge in [-0.15, -0.1) is 0 Å². The number of anilines is 2. The molecule has 1 unspecified atom stereocenters. The zero-order valence-electron chi connectivity index (χ0n) is 10.6. The maximum absolute atomic E-state index is 11.3. The van der Waals surface area contributed by atoms with Crippen LogP contribution in [0.4, 0.5) is 11.4 Å². The summed E-state index contributed by atoms with van der Waals surface area (Å²) in [5.74, 6) is -0.317. The molecular formula is C13H18N4O. The first-order valence-corrected chi connectivity index (χ1v) is 5.77. The molecular weight excluding hydrogens is 228 g/mol. The van der Waals surface area contributed by atoms with E-state index in [1.165, 1.54) is 0 Å². The molecule has 0 fully saturated rings. The molecule has 0 saturated heterocycles. The van der Waals surface area contributed by atoms with Crippen LogP contribution in [0.5, 0.6) is 0 Å². The molecule has 1 amide bonds. The summed E-state index contributed by atoms with van der Waals surface area (Å²) in [5, 5.41) is 11.8. The van der Waals surface area contributed by atoms with Gasteiger partial charge in [-0.1, -0.05) is 13.8 Å². The Morgan fingerprint density at radius 1 is 1.50 bits per heavy atom. The molecule has 5 nitrogen and oxygen atoms in total. The van der Waals surface area contributed by atoms with Crippen molar-refractivity contribution < 1.29 is 4.79 Å². The second-order valence-corrected chi connectivity index (χ2v) is 4.52. The SMILES string of the molecule is CC(C)C(Nc1ccc(N)c(CC#N)c1)C(N)=O. The van der Waals surface area contributed by atoms with Crippen molar-refractivity contribution in [3.05, 3.63) is 23.8 Å². The molecule has 0 aliphatic heterocycles. The summed E-state index contributed by atoms with van der Waals surface area (Å²) in [7, 11) is 0. The van der Waals surface area contributed by atoms with E-state index in [9.17, 15) is 4.79 Å². The Morgan fingerprint density at radius 3 is 2.67 bits per heavy atom. The smallest absolute Gasteiger partial charge is 0.240 e. The number of nitriles is 1. The zero-order chi connectivity index (χ0) is 13.7. The van der Waals surface area contributed by atoms with Crippen LogP contribution >= 0.6 is 0 Å². The summed E-state index contributed by atoms with van der Waals surface area (Å²) in [6, 6.07) is 6.87. The molecule has 0 bridgehead atoms. The van der Waals surface area contributed by atoms with Gasteiger partial charge in [0.2, 0.25) is 5.91 Å². The summed E-state index contributed by atoms with van der Waals surface area (Å²) in [5.41, 5.74) is 13.1. The van der Waals surface area contributed by atoms with Crippen LogP contribution in [0.15, 0.2) is 18.2 Å². The fourth-order valence-electron chi connectivity index (χ4n) is 1.68. The van der Waals surface area contributed by atoms with Crippen LogP contribution in [0.25, 0.3) is 0 Å². The van der Waals surface area contributed by atoms with Gasteiger partial charge in [0.25, 0.3) is 0 Å². The Kier molecular flexibility index (Phi) is 4.55. The van der Waals surface area contributed by atoms with Crippen LogP contribution in [0, 0.1) is 17.2 Å². The van der Waals surface area contributed by atoms with Gasteiger partial charge in [-0.05, 0) is 29.7 Å². The third-order valence-corrected chi connectivity index (χ3v) is 2.71. The Morgan fingerprint density at radius 2 is 2.17 bits per heavy atom. The van der Waals surface area contributed by atoms with Crippen molar-refractivity contribution in [1.29, 1.82) is 5.26 Å². The monoisotopic (exact) mass is 246 g/mol. The van der Waals surface area contributed by atoms with E-state index >= 15 is 0 Å². The molecule has 96 valence electrons. The average Bonchev–Trinajstić information content (AvgIpc) is 2.29. The lowest BCUT2D eigenvalue weighted by atomic mass is 10.0. The van der Waals surface area contributed by atoms with E-state index in [-0.39, 0.29) is 12.3 Å². The molecule has 0 saturated carbocycles. The van der Waals surface area contributed by atoms with Gasteiger partial charge in [0.05, 0.1) is 12.5 Å². The molecule has 5 heteroatoms. The Labute approximate surface area is 107 Å². The first kappa shape index (κ1) is 13.8. The number of benzene rings is 1. The largest absolute Gasteiger partial charge is 0.398 e. The van der Waals surface area contributed by atoms with E-state index in [0.29, 0.717) is 5.69 Å². The van der Waals surface area contributed by atoms with E-state index in [4.69, 9.17) is 16.7 Å². The van der Waals surface area contributed by atoms with Gasteiger partial charge >= 0.3 is 0 Å². The van der Waals surface area contributed by atoms with E-state index in [1.54, 1.807) is 18.2 Å². The summed E-state index contributed by atoms with van der Waals surface area (Å²) in [6.45, 7) is 3.83. The van der Waals surface area contributed by atoms with Gasteiger partial charge in [0.15, 0.2) is 0 Å². The predicted octanol–water partition coefficient (Wildman–Crippen LogP) is 1.26. The molecule has 0 aliphatic carbocycles. The van der Waals surface area contributed by atoms with Crippen LogP contribution in [-0.2, 0) is 11.2 Å². The predicted molar refractivity (Wildman–Crippen MR) is 71.6 cm³/mol. The quantitative estimate of drug-likeness (QED) is 0.680. The van der Waals surface area contributed by atoms with Gasteiger partial charge in [-0.2, -0.15) is 5.26 Å². The van der Waals surface area contributed by atoms with Gasteiger partial charge in [0.1, 0.15) is 6.04 Å². The van der Waals surface area contributed by atoms with Gasteiger partial charge in [-0.3, -0.25) is 4.79 Å². The topological polar surface area (TPSA) is 105 Å². The highest BCUT2D eigenvalue weighted by atomic mass is 16.1. The number of nitrogens with one attached hydrogen (secondary N) is 1. The third kappa shape index (κ3) is 3.39. The van der Waals surface area contributed by atoms with Crippen LogP contribution in [0.1, 0.15) is 19.4 Å². The summed E-state index contributed by atoms with van der Waals surface area (Å²) < 4.78 is 0. The third-order valence-electron chi connectivity index (χ3n) is 2.71. The molecule has 1 aromatic rings. The molecule has 1 atom stereocenters. The lowest BCUT2D eigenvalue weighted by molar-refractivity contribution is -0.119. The van der Waals surface area contributed by atoms with Crippen LogP contribution < -0.4 is 16.8 Å². The highest BCUT2D eigenvalue weighted by Crippen LogP contribution is 2.20. The Bertz CT molecular complexity index is 476. The zero-order valence-corrected chi connectivity index (χ0v) is 10.6. The molecule has 0 heterocycles. The number of hydrogen-bond acceptors (Lipinski definition) is 4. The van der Waals surface area contributed by atoms with Gasteiger partial charge in [0, 0.05) is 11.4 Å². The number of nitrogens with two attached hydrogens (primary N) is 2. The fourth-order valence-corrected chi connectivity index (χ4v) is 1.68. The molecule has 0 radical (unpaired) electrons. The number of primary amides is 1. The maximum atomic E-state index is 11.3. The normalized spacial score (nSPS) is 11.9. The molecule has 0 aromatic heterocycles. The highest BCUT2D eigenvalue weighted by molar-refractivity contribution is 5.83. The number of nitrogens with zero attached hydrogens (tertiary/aromatic N) is 1. The minimum atomic E-state index is -0.441. The molecule has 18 heavy (non-hydrogen) atoms. The number of rotatable bonds is 5. The first-order chi connectivity index (χ1) is 8.45. The summed E-state index contributed by atoms with van der Waals surface area (Å²) in [6.07, 6.45) is 0.240. The van der Waals surface area contributed by atoms with Crippen molar-refractivity contribution in [3.8, 4) is 6.07 Å². The number of nitrogen functional groups attached to an aromatic ring is 1. The van der Waals surface area contributed by atoms with E-state index in [0.717, 1.165) is 11.3 Å². The van der Waals surface area contributed by atoms with Gasteiger partial charge < -0.3 is 16.8 Å². The lowest BCUT2D eigenvalue weighted by Crippen LogP contribution is -2.39. The number of amides is 1. The average molecular weight is 246 g/mol. The van der Waals surface area contributed by atoms with Crippen molar-refractivity contribution in [2.45, 2.75) is 26.3 Å². The lowest BCUT2D eigenvalue weighted by Gasteiger charge is -2.20. The molecule has 5 N–H and O–H groups in total. The van der Waals surface area contributed by atoms with Crippen molar-refractivity contribution in [1.82, 2.24) is 0 Å². The molecule has 0 aliphatic rings. The minimum absolute atomic E-state index is 0.0828. The Hall–Kier alpha value is -2.22. The van der Waals surface area contributed by atoms with Crippen LogP contribution in [0.2, 0.25) is 0 Å². The minimum Gasteiger partial charge on any atom is -0.398 e. The van der Waals surface area contributed by atoms with E-state index in [1.807, 2.05) is 13.8 Å². The standard InChI is InChI=1S/C13H18N4O/c1-8(2)12(13(16)18)17-10-3-4-11(15)9(7-10)5-6-14/h3-4,7-8,12,17H,5,15H2,1-2H3,(H2,16,18). The molecule has 0 spiro atoms. The van der Waals surface area contributed by atoms with Crippen molar-refractivity contribution in [2.75, 3.05) is 11.1 Å². The van der Waals surface area contributed by atoms with Crippen molar-refractivity contribution in [2.24, 2.45) is 11.7 Å². The van der Waals surface area contributed by atoms with E-state index < -0.39 is 11.9 Å². The number of carbonyl (C=O) groups is 1. The Balaban J connectivity index is 2.94. The maximum Gasteiger partial charge on any atom is 0.240 e. The van der Waals surface area contributed by atoms with Crippen molar-refractivity contribution >= 4 is 17.3 Å². The molecule has 1 rings (SSSR count). The van der Waals surface area contributed by atoms with Gasteiger partial charge in [-0.25, -0.2) is 0 Å². The van der Waals surface area contributed by atoms with Crippen LogP contribution in [0.3, 0.4) is 0 Å². The second-order valence-electron chi connectivity index (χ2n) is 4.52. The fraction of sp³-hybridized carbons (Fsp3) is 0.385. The number of carbonyl (C=O) groups excluding carboxylic acids is 1. The van der Waals surface area contributed by atoms with E-state index in [2.05, 4.69) is 11.4 Å². The molecule has 1 aromatic carbocycles. The summed E-state index contributed by atoms with van der Waals surface area (Å²) in [4.78, 5) is 11.3. The summed E-state index contributed by atoms with van der Waals surface area (Å²) >= 11 is 0.